The van der Waals surface area contributed by atoms with E-state index in [0.29, 0.717) is 84.6 Å². The quantitative estimate of drug-likeness (QED) is 0.0240. The zero-order valence-corrected chi connectivity index (χ0v) is 53.5. The van der Waals surface area contributed by atoms with Crippen molar-refractivity contribution in [3.8, 4) is 0 Å². The number of carboxylic acid groups (broad SMARTS) is 1. The number of carbonyl (C=O) groups excluding carboxylic acids is 10. The van der Waals surface area contributed by atoms with Gasteiger partial charge in [-0.15, -0.1) is 11.8 Å². The summed E-state index contributed by atoms with van der Waals surface area (Å²) in [6.45, 7) is 21.3. The lowest BCUT2D eigenvalue weighted by Gasteiger charge is -2.31. The van der Waals surface area contributed by atoms with E-state index in [1.54, 1.807) is 27.7 Å². The molecule has 27 heteroatoms. The monoisotopic (exact) mass is 1240 g/mol. The lowest BCUT2D eigenvalue weighted by atomic mass is 9.86. The summed E-state index contributed by atoms with van der Waals surface area (Å²) in [4.78, 5) is 142. The molecule has 2 fully saturated rings. The van der Waals surface area contributed by atoms with Gasteiger partial charge in [-0.1, -0.05) is 54.9 Å². The van der Waals surface area contributed by atoms with E-state index in [-0.39, 0.29) is 112 Å². The van der Waals surface area contributed by atoms with E-state index in [0.717, 1.165) is 24.6 Å². The van der Waals surface area contributed by atoms with Crippen LogP contribution in [0.5, 0.6) is 0 Å². The summed E-state index contributed by atoms with van der Waals surface area (Å²) in [5.41, 5.74) is 4.22. The average molecular weight is 1240 g/mol. The van der Waals surface area contributed by atoms with Crippen LogP contribution in [0.15, 0.2) is 0 Å². The summed E-state index contributed by atoms with van der Waals surface area (Å²) in [7, 11) is 0. The van der Waals surface area contributed by atoms with Gasteiger partial charge in [-0.3, -0.25) is 52.8 Å². The third kappa shape index (κ3) is 33.0. The number of carbonyl (C=O) groups is 11. The van der Waals surface area contributed by atoms with Crippen LogP contribution in [0.1, 0.15) is 159 Å². The molecule has 1 aliphatic carbocycles. The van der Waals surface area contributed by atoms with Gasteiger partial charge in [-0.05, 0) is 90.4 Å². The fourth-order valence-corrected chi connectivity index (χ4v) is 10.3. The molecule has 0 bridgehead atoms. The molecule has 0 spiro atoms. The highest BCUT2D eigenvalue weighted by Crippen LogP contribution is 2.28. The molecule has 1 unspecified atom stereocenters. The third-order valence-electron chi connectivity index (χ3n) is 14.1. The van der Waals surface area contributed by atoms with Crippen molar-refractivity contribution in [2.45, 2.75) is 200 Å². The van der Waals surface area contributed by atoms with Gasteiger partial charge in [0.2, 0.25) is 41.4 Å². The van der Waals surface area contributed by atoms with Gasteiger partial charge in [0, 0.05) is 68.1 Å². The Kier molecular flexibility index (Phi) is 36.4. The molecule has 0 aromatic carbocycles. The molecule has 9 amide bonds. The molecular formula is C59H103N9O17S. The molecule has 86 heavy (non-hydrogen) atoms. The number of Topliss-reactive ketones (excluding diaryl/α,β-unsaturated/α-hetero) is 1. The maximum absolute atomic E-state index is 13.8. The Morgan fingerprint density at radius 3 is 1.81 bits per heavy atom. The molecule has 26 nitrogen and oxygen atoms in total. The Hall–Kier alpha value is -5.48. The van der Waals surface area contributed by atoms with Crippen LogP contribution in [0.4, 0.5) is 4.79 Å². The molecule has 1 saturated carbocycles. The Balaban J connectivity index is 1.84. The molecule has 1 aliphatic heterocycles. The number of hydrogen-bond acceptors (Lipinski definition) is 18. The standard InChI is InChI=1S/C59H103N9O17S/c1-38(2)50(54(77)65-42(15-14-24-62-57(60)80)52(75)63-41-19-17-40(18-20-41)36-85-56(79)39(3)4)66-47(70)16-12-11-13-26-68-48(71)35-45(55(68)78)86-37-44(67-59(8,9)10)53(76)64-43(21-22-49(72)73)51(74)61-25-28-82-30-32-84-34-33-83-31-29-81-27-23-46(69)58(5,6)7/h38-45,50,67H,11-37H2,1-10H3,(H,61,74)(H,63,75)(H,64,76)(H,65,77)(H,66,70)(H,72,73)(H3,60,62,80)/t40?,41?,42-,43-,44-,45?,50-/m0/s1. The van der Waals surface area contributed by atoms with Crippen molar-refractivity contribution in [3.63, 3.8) is 0 Å². The van der Waals surface area contributed by atoms with Gasteiger partial charge in [0.1, 0.15) is 23.9 Å². The van der Waals surface area contributed by atoms with Crippen LogP contribution in [0, 0.1) is 23.2 Å². The van der Waals surface area contributed by atoms with Gasteiger partial charge in [0.15, 0.2) is 0 Å². The molecule has 2 rings (SSSR count). The predicted molar refractivity (Wildman–Crippen MR) is 322 cm³/mol. The topological polar surface area (TPSA) is 368 Å². The number of ether oxygens (including phenoxy) is 5. The molecule has 492 valence electrons. The zero-order valence-electron chi connectivity index (χ0n) is 52.7. The number of rotatable bonds is 44. The number of hydrogen-bond donors (Lipinski definition) is 9. The molecule has 5 atom stereocenters. The van der Waals surface area contributed by atoms with Crippen molar-refractivity contribution in [1.82, 2.24) is 42.1 Å². The molecule has 0 radical (unpaired) electrons. The summed E-state index contributed by atoms with van der Waals surface area (Å²) in [6.07, 6.45) is 4.33. The number of ketones is 1. The van der Waals surface area contributed by atoms with Crippen LogP contribution in [0.25, 0.3) is 0 Å². The smallest absolute Gasteiger partial charge is 0.312 e. The number of imide groups is 1. The van der Waals surface area contributed by atoms with Gasteiger partial charge in [0.25, 0.3) is 0 Å². The second kappa shape index (κ2) is 40.9. The number of aliphatic carboxylic acids is 1. The minimum atomic E-state index is -1.20. The molecular weight excluding hydrogens is 1140 g/mol. The van der Waals surface area contributed by atoms with Crippen LogP contribution in [-0.4, -0.2) is 201 Å². The lowest BCUT2D eigenvalue weighted by molar-refractivity contribution is -0.149. The number of amides is 9. The Bertz CT molecular complexity index is 2170. The van der Waals surface area contributed by atoms with Crippen LogP contribution in [-0.2, 0) is 71.6 Å². The van der Waals surface area contributed by atoms with Gasteiger partial charge in [-0.2, -0.15) is 0 Å². The summed E-state index contributed by atoms with van der Waals surface area (Å²) in [6, 6.07) is -4.97. The molecule has 0 aromatic rings. The highest BCUT2D eigenvalue weighted by molar-refractivity contribution is 8.00. The maximum atomic E-state index is 13.8. The van der Waals surface area contributed by atoms with Crippen molar-refractivity contribution in [1.29, 1.82) is 0 Å². The van der Waals surface area contributed by atoms with Gasteiger partial charge < -0.3 is 71.7 Å². The van der Waals surface area contributed by atoms with E-state index in [2.05, 4.69) is 37.2 Å². The minimum absolute atomic E-state index is 0.0415. The molecule has 1 heterocycles. The number of urea groups is 1. The van der Waals surface area contributed by atoms with Crippen molar-refractivity contribution >= 4 is 76.9 Å². The number of likely N-dealkylation sites (tertiary alicyclic amines) is 1. The number of carboxylic acids is 1. The summed E-state index contributed by atoms with van der Waals surface area (Å²) in [5.74, 6) is -4.95. The Morgan fingerprint density at radius 1 is 0.651 bits per heavy atom. The normalized spacial score (nSPS) is 17.8. The van der Waals surface area contributed by atoms with Crippen molar-refractivity contribution in [2.75, 3.05) is 84.8 Å². The highest BCUT2D eigenvalue weighted by atomic mass is 32.2. The van der Waals surface area contributed by atoms with Crippen molar-refractivity contribution in [3.05, 3.63) is 0 Å². The predicted octanol–water partition coefficient (Wildman–Crippen LogP) is 2.65. The lowest BCUT2D eigenvalue weighted by Crippen LogP contribution is -2.57. The first-order valence-electron chi connectivity index (χ1n) is 30.5. The molecule has 1 saturated heterocycles. The maximum Gasteiger partial charge on any atom is 0.312 e. The fourth-order valence-electron chi connectivity index (χ4n) is 9.12. The molecule has 10 N–H and O–H groups in total. The summed E-state index contributed by atoms with van der Waals surface area (Å²) < 4.78 is 27.4. The van der Waals surface area contributed by atoms with E-state index in [4.69, 9.17) is 29.4 Å². The first-order chi connectivity index (χ1) is 40.5. The van der Waals surface area contributed by atoms with E-state index in [1.165, 1.54) is 4.90 Å². The van der Waals surface area contributed by atoms with Crippen molar-refractivity contribution < 1.29 is 81.5 Å². The third-order valence-corrected chi connectivity index (χ3v) is 15.4. The van der Waals surface area contributed by atoms with Gasteiger partial charge in [-0.25, -0.2) is 4.79 Å². The van der Waals surface area contributed by atoms with Gasteiger partial charge >= 0.3 is 18.0 Å². The van der Waals surface area contributed by atoms with Crippen LogP contribution in [0.3, 0.4) is 0 Å². The van der Waals surface area contributed by atoms with E-state index in [9.17, 15) is 57.8 Å². The number of primary amides is 1. The largest absolute Gasteiger partial charge is 0.481 e. The SMILES string of the molecule is CC(C)C(=O)OCC1CCC(NC(=O)[C@H](CCCNC(N)=O)NC(=O)[C@@H](NC(=O)CCCCCN2C(=O)CC(SC[C@H](NC(C)(C)C)C(=O)N[C@@H](CCC(=O)O)C(=O)NCCOCCOCCOCCOCCC(=O)C(C)(C)C)C2=O)C(C)C)CC1. The van der Waals surface area contributed by atoms with E-state index < -0.39 is 94.2 Å². The number of esters is 1. The Labute approximate surface area is 512 Å². The number of thioether (sulfide) groups is 1. The summed E-state index contributed by atoms with van der Waals surface area (Å²) >= 11 is 1.12. The number of nitrogens with two attached hydrogens (primary N) is 1. The van der Waals surface area contributed by atoms with Crippen LogP contribution in [0.2, 0.25) is 0 Å². The van der Waals surface area contributed by atoms with Gasteiger partial charge in [0.05, 0.1) is 76.7 Å². The first kappa shape index (κ1) is 76.6. The van der Waals surface area contributed by atoms with Crippen LogP contribution >= 0.6 is 11.8 Å². The average Bonchev–Trinajstić information content (AvgIpc) is 2.60. The second-order valence-corrected chi connectivity index (χ2v) is 25.9. The summed E-state index contributed by atoms with van der Waals surface area (Å²) in [5, 5.41) is 28.4. The number of nitrogens with one attached hydrogen (secondary N) is 7. The number of nitrogens with zero attached hydrogens (tertiary/aromatic N) is 1. The zero-order chi connectivity index (χ0) is 64.4. The number of unbranched alkanes of at least 4 members (excludes halogenated alkanes) is 2. The van der Waals surface area contributed by atoms with Crippen molar-refractivity contribution in [2.24, 2.45) is 28.9 Å². The molecule has 0 aromatic heterocycles. The van der Waals surface area contributed by atoms with E-state index >= 15 is 0 Å². The first-order valence-corrected chi connectivity index (χ1v) is 31.5. The fraction of sp³-hybridized carbons (Fsp3) is 0.814. The molecule has 2 aliphatic rings. The minimum Gasteiger partial charge on any atom is -0.481 e. The van der Waals surface area contributed by atoms with E-state index in [1.807, 2.05) is 41.5 Å². The van der Waals surface area contributed by atoms with Crippen LogP contribution < -0.4 is 43.0 Å². The second-order valence-electron chi connectivity index (χ2n) is 24.6. The highest BCUT2D eigenvalue weighted by Gasteiger charge is 2.40. The Morgan fingerprint density at radius 2 is 1.24 bits per heavy atom.